The Morgan fingerprint density at radius 1 is 1.21 bits per heavy atom. The number of nitrogens with one attached hydrogen (secondary N) is 1. The number of hydrogen-bond donors (Lipinski definition) is 3. The lowest BCUT2D eigenvalue weighted by Gasteiger charge is -2.31. The molecule has 2 atom stereocenters. The van der Waals surface area contributed by atoms with Gasteiger partial charge in [-0.1, -0.05) is 39.0 Å². The lowest BCUT2D eigenvalue weighted by atomic mass is 10.1. The Bertz CT molecular complexity index is 235. The molecule has 0 aliphatic heterocycles. The fourth-order valence-corrected chi connectivity index (χ4v) is 2.12. The van der Waals surface area contributed by atoms with Gasteiger partial charge >= 0.3 is 5.97 Å². The highest BCUT2D eigenvalue weighted by Crippen LogP contribution is 2.05. The first-order valence-electron chi connectivity index (χ1n) is 7.45. The van der Waals surface area contributed by atoms with Gasteiger partial charge in [0.1, 0.15) is 0 Å². The van der Waals surface area contributed by atoms with Gasteiger partial charge in [-0.25, -0.2) is 0 Å². The van der Waals surface area contributed by atoms with Crippen molar-refractivity contribution in [3.05, 3.63) is 0 Å². The molecule has 5 nitrogen and oxygen atoms in total. The molecule has 0 rings (SSSR count). The third-order valence-electron chi connectivity index (χ3n) is 3.31. The summed E-state index contributed by atoms with van der Waals surface area (Å²) in [4.78, 5) is 12.5. The molecular formula is C14H31N3O2. The van der Waals surface area contributed by atoms with Crippen molar-refractivity contribution in [2.75, 3.05) is 13.1 Å². The van der Waals surface area contributed by atoms with Crippen molar-refractivity contribution < 1.29 is 9.90 Å². The summed E-state index contributed by atoms with van der Waals surface area (Å²) >= 11 is 0. The summed E-state index contributed by atoms with van der Waals surface area (Å²) in [6.45, 7) is 6.88. The molecule has 0 spiro atoms. The first-order chi connectivity index (χ1) is 8.99. The van der Waals surface area contributed by atoms with E-state index in [-0.39, 0.29) is 18.9 Å². The molecule has 0 amide bonds. The predicted octanol–water partition coefficient (Wildman–Crippen LogP) is 1.97. The van der Waals surface area contributed by atoms with Crippen LogP contribution in [-0.4, -0.2) is 41.4 Å². The van der Waals surface area contributed by atoms with E-state index in [0.29, 0.717) is 0 Å². The van der Waals surface area contributed by atoms with Crippen molar-refractivity contribution in [3.8, 4) is 0 Å². The van der Waals surface area contributed by atoms with Gasteiger partial charge in [-0.3, -0.25) is 9.69 Å². The van der Waals surface area contributed by atoms with Crippen LogP contribution in [0.4, 0.5) is 0 Å². The predicted molar refractivity (Wildman–Crippen MR) is 78.8 cm³/mol. The summed E-state index contributed by atoms with van der Waals surface area (Å²) in [5.41, 5.74) is 5.79. The van der Waals surface area contributed by atoms with Crippen LogP contribution in [-0.2, 0) is 4.79 Å². The third-order valence-corrected chi connectivity index (χ3v) is 3.31. The number of carboxylic acid groups (broad SMARTS) is 1. The topological polar surface area (TPSA) is 78.6 Å². The molecular weight excluding hydrogens is 242 g/mol. The molecule has 5 heteroatoms. The van der Waals surface area contributed by atoms with Gasteiger partial charge in [0.05, 0.1) is 18.9 Å². The van der Waals surface area contributed by atoms with E-state index in [1.165, 1.54) is 32.1 Å². The second-order valence-electron chi connectivity index (χ2n) is 5.20. The molecule has 0 bridgehead atoms. The molecule has 0 aliphatic rings. The zero-order valence-electron chi connectivity index (χ0n) is 12.7. The Labute approximate surface area is 117 Å². The lowest BCUT2D eigenvalue weighted by molar-refractivity contribution is -0.139. The van der Waals surface area contributed by atoms with Crippen LogP contribution >= 0.6 is 0 Å². The van der Waals surface area contributed by atoms with Crippen LogP contribution in [0.15, 0.2) is 0 Å². The monoisotopic (exact) mass is 273 g/mol. The minimum Gasteiger partial charge on any atom is -0.480 e. The third kappa shape index (κ3) is 9.87. The molecule has 19 heavy (non-hydrogen) atoms. The maximum atomic E-state index is 10.8. The number of rotatable bonds is 12. The van der Waals surface area contributed by atoms with Crippen LogP contribution in [0.1, 0.15) is 59.3 Å². The van der Waals surface area contributed by atoms with E-state index in [4.69, 9.17) is 10.8 Å². The maximum absolute atomic E-state index is 10.8. The Morgan fingerprint density at radius 2 is 1.79 bits per heavy atom. The van der Waals surface area contributed by atoms with Crippen LogP contribution in [0, 0.1) is 0 Å². The van der Waals surface area contributed by atoms with E-state index in [1.807, 2.05) is 13.8 Å². The van der Waals surface area contributed by atoms with Crippen molar-refractivity contribution in [2.45, 2.75) is 71.6 Å². The molecule has 0 saturated carbocycles. The van der Waals surface area contributed by atoms with Crippen LogP contribution in [0.2, 0.25) is 0 Å². The largest absolute Gasteiger partial charge is 0.480 e. The Kier molecular flexibility index (Phi) is 10.8. The lowest BCUT2D eigenvalue weighted by Crippen LogP contribution is -2.53. The molecule has 0 heterocycles. The molecule has 0 aromatic heterocycles. The normalized spacial score (nSPS) is 14.6. The van der Waals surface area contributed by atoms with Gasteiger partial charge in [-0.2, -0.15) is 0 Å². The second kappa shape index (κ2) is 11.2. The van der Waals surface area contributed by atoms with E-state index < -0.39 is 5.97 Å². The molecule has 0 radical (unpaired) electrons. The van der Waals surface area contributed by atoms with Crippen LogP contribution < -0.4 is 11.1 Å². The maximum Gasteiger partial charge on any atom is 0.317 e. The number of nitrogens with two attached hydrogens (primary N) is 1. The quantitative estimate of drug-likeness (QED) is 0.374. The van der Waals surface area contributed by atoms with Crippen molar-refractivity contribution in [2.24, 2.45) is 5.73 Å². The van der Waals surface area contributed by atoms with Gasteiger partial charge in [0, 0.05) is 0 Å². The molecule has 0 saturated heterocycles. The number of unbranched alkanes of at least 4 members (excludes halogenated alkanes) is 5. The summed E-state index contributed by atoms with van der Waals surface area (Å²) < 4.78 is 0. The Hall–Kier alpha value is -0.650. The van der Waals surface area contributed by atoms with Crippen molar-refractivity contribution >= 4 is 5.97 Å². The van der Waals surface area contributed by atoms with E-state index >= 15 is 0 Å². The van der Waals surface area contributed by atoms with Gasteiger partial charge < -0.3 is 16.2 Å². The standard InChI is InChI=1S/C14H31N3O2/c1-4-5-6-7-8-9-10-16-13(3)17(12(2)15)11-14(18)19/h12-13,16H,4-11,15H2,1-3H3,(H,18,19). The van der Waals surface area contributed by atoms with E-state index in [2.05, 4.69) is 12.2 Å². The van der Waals surface area contributed by atoms with Gasteiger partial charge in [-0.05, 0) is 26.8 Å². The number of carboxylic acids is 1. The van der Waals surface area contributed by atoms with Crippen LogP contribution in [0.25, 0.3) is 0 Å². The molecule has 2 unspecified atom stereocenters. The van der Waals surface area contributed by atoms with Crippen LogP contribution in [0.3, 0.4) is 0 Å². The molecule has 0 aromatic rings. The highest BCUT2D eigenvalue weighted by Gasteiger charge is 2.19. The SMILES string of the molecule is CCCCCCCCNC(C)N(CC(=O)O)C(C)N. The zero-order valence-corrected chi connectivity index (χ0v) is 12.7. The second-order valence-corrected chi connectivity index (χ2v) is 5.20. The van der Waals surface area contributed by atoms with Crippen molar-refractivity contribution in [1.82, 2.24) is 10.2 Å². The number of hydrogen-bond acceptors (Lipinski definition) is 4. The average molecular weight is 273 g/mol. The minimum absolute atomic E-state index is 0.00765. The van der Waals surface area contributed by atoms with Crippen molar-refractivity contribution in [1.29, 1.82) is 0 Å². The fraction of sp³-hybridized carbons (Fsp3) is 0.929. The first kappa shape index (κ1) is 18.4. The molecule has 0 aromatic carbocycles. The highest BCUT2D eigenvalue weighted by atomic mass is 16.4. The first-order valence-corrected chi connectivity index (χ1v) is 7.45. The summed E-state index contributed by atoms with van der Waals surface area (Å²) in [6, 6.07) is 0. The average Bonchev–Trinajstić information content (AvgIpc) is 2.34. The molecule has 114 valence electrons. The zero-order chi connectivity index (χ0) is 14.7. The summed E-state index contributed by atoms with van der Waals surface area (Å²) in [7, 11) is 0. The summed E-state index contributed by atoms with van der Waals surface area (Å²) in [5.74, 6) is -0.842. The van der Waals surface area contributed by atoms with Crippen LogP contribution in [0.5, 0.6) is 0 Å². The fourth-order valence-electron chi connectivity index (χ4n) is 2.12. The summed E-state index contributed by atoms with van der Waals surface area (Å²) in [5, 5.41) is 12.2. The Morgan fingerprint density at radius 3 is 2.32 bits per heavy atom. The van der Waals surface area contributed by atoms with E-state index in [1.54, 1.807) is 4.90 Å². The number of aliphatic carboxylic acids is 1. The molecule has 4 N–H and O–H groups in total. The van der Waals surface area contributed by atoms with Gasteiger partial charge in [0.2, 0.25) is 0 Å². The van der Waals surface area contributed by atoms with E-state index in [9.17, 15) is 4.79 Å². The van der Waals surface area contributed by atoms with Gasteiger partial charge in [-0.15, -0.1) is 0 Å². The number of carbonyl (C=O) groups is 1. The van der Waals surface area contributed by atoms with E-state index in [0.717, 1.165) is 13.0 Å². The minimum atomic E-state index is -0.842. The van der Waals surface area contributed by atoms with Gasteiger partial charge in [0.25, 0.3) is 0 Å². The highest BCUT2D eigenvalue weighted by molar-refractivity contribution is 5.69. The molecule has 0 fully saturated rings. The smallest absolute Gasteiger partial charge is 0.317 e. The number of nitrogens with zero attached hydrogens (tertiary/aromatic N) is 1. The molecule has 0 aliphatic carbocycles. The Balaban J connectivity index is 3.74. The van der Waals surface area contributed by atoms with Gasteiger partial charge in [0.15, 0.2) is 0 Å². The summed E-state index contributed by atoms with van der Waals surface area (Å²) in [6.07, 6.45) is 7.29. The van der Waals surface area contributed by atoms with Crippen molar-refractivity contribution in [3.63, 3.8) is 0 Å².